The summed E-state index contributed by atoms with van der Waals surface area (Å²) >= 11 is 0. The Morgan fingerprint density at radius 3 is 2.58 bits per heavy atom. The average Bonchev–Trinajstić information content (AvgIpc) is 3.47. The molecule has 6 aliphatic rings. The van der Waals surface area contributed by atoms with Crippen molar-refractivity contribution in [3.63, 3.8) is 0 Å². The first-order valence-electron chi connectivity index (χ1n) is 12.6. The van der Waals surface area contributed by atoms with Gasteiger partial charge in [0.2, 0.25) is 0 Å². The minimum atomic E-state index is -0.595. The molecule has 0 aromatic rings. The number of aliphatic hydroxyl groups is 1. The van der Waals surface area contributed by atoms with Gasteiger partial charge in [-0.25, -0.2) is 0 Å². The third kappa shape index (κ3) is 2.79. The van der Waals surface area contributed by atoms with E-state index in [0.717, 1.165) is 31.3 Å². The fraction of sp³-hybridized carbons (Fsp3) is 0.846. The van der Waals surface area contributed by atoms with Crippen LogP contribution in [0.5, 0.6) is 0 Å². The number of carbonyl (C=O) groups excluding carboxylic acids is 2. The smallest absolute Gasteiger partial charge is 0.312 e. The van der Waals surface area contributed by atoms with Crippen LogP contribution >= 0.6 is 0 Å². The monoisotopic (exact) mass is 460 g/mol. The molecule has 0 bridgehead atoms. The molecular formula is C26H36O7. The van der Waals surface area contributed by atoms with Crippen LogP contribution in [0.3, 0.4) is 0 Å². The molecule has 0 amide bonds. The lowest BCUT2D eigenvalue weighted by Crippen LogP contribution is -2.62. The van der Waals surface area contributed by atoms with Crippen molar-refractivity contribution in [2.24, 2.45) is 34.5 Å². The Labute approximate surface area is 195 Å². The summed E-state index contributed by atoms with van der Waals surface area (Å²) in [6, 6.07) is 0. The Morgan fingerprint density at radius 1 is 1.15 bits per heavy atom. The lowest BCUT2D eigenvalue weighted by Gasteiger charge is -2.62. The number of ether oxygens (including phenoxy) is 4. The van der Waals surface area contributed by atoms with Gasteiger partial charge in [0.15, 0.2) is 5.79 Å². The second-order valence-electron chi connectivity index (χ2n) is 11.8. The van der Waals surface area contributed by atoms with Crippen LogP contribution in [-0.2, 0) is 28.5 Å². The summed E-state index contributed by atoms with van der Waals surface area (Å²) in [7, 11) is 1.45. The zero-order chi connectivity index (χ0) is 23.2. The van der Waals surface area contributed by atoms with E-state index in [9.17, 15) is 14.7 Å². The van der Waals surface area contributed by atoms with Crippen molar-refractivity contribution in [3.8, 4) is 0 Å². The molecule has 2 aliphatic heterocycles. The van der Waals surface area contributed by atoms with Gasteiger partial charge in [0.25, 0.3) is 0 Å². The topological polar surface area (TPSA) is 91.3 Å². The molecule has 6 rings (SSSR count). The molecule has 0 aromatic heterocycles. The first-order valence-corrected chi connectivity index (χ1v) is 12.6. The highest BCUT2D eigenvalue weighted by atomic mass is 16.7. The van der Waals surface area contributed by atoms with Gasteiger partial charge in [-0.1, -0.05) is 25.5 Å². The highest BCUT2D eigenvalue weighted by Gasteiger charge is 2.71. The van der Waals surface area contributed by atoms with Crippen LogP contribution in [0.4, 0.5) is 0 Å². The lowest BCUT2D eigenvalue weighted by atomic mass is 9.44. The predicted octanol–water partition coefficient (Wildman–Crippen LogP) is 3.14. The fourth-order valence-corrected chi connectivity index (χ4v) is 9.13. The van der Waals surface area contributed by atoms with Crippen molar-refractivity contribution in [1.29, 1.82) is 0 Å². The van der Waals surface area contributed by atoms with Crippen LogP contribution in [0.25, 0.3) is 0 Å². The number of hydrogen-bond acceptors (Lipinski definition) is 7. The number of esters is 2. The normalized spacial score (nSPS) is 49.9. The molecule has 2 saturated heterocycles. The average molecular weight is 461 g/mol. The Bertz CT molecular complexity index is 906. The first kappa shape index (κ1) is 22.1. The van der Waals surface area contributed by atoms with Crippen molar-refractivity contribution < 1.29 is 33.6 Å². The van der Waals surface area contributed by atoms with E-state index in [0.29, 0.717) is 38.9 Å². The molecule has 0 radical (unpaired) electrons. The Morgan fingerprint density at radius 2 is 1.91 bits per heavy atom. The van der Waals surface area contributed by atoms with Gasteiger partial charge in [-0.2, -0.15) is 0 Å². The number of hydrogen-bond donors (Lipinski definition) is 1. The van der Waals surface area contributed by atoms with Crippen molar-refractivity contribution in [1.82, 2.24) is 0 Å². The van der Waals surface area contributed by atoms with Gasteiger partial charge in [0.1, 0.15) is 5.60 Å². The molecule has 8 atom stereocenters. The molecule has 33 heavy (non-hydrogen) atoms. The Balaban J connectivity index is 1.44. The Hall–Kier alpha value is -1.44. The quantitative estimate of drug-likeness (QED) is 0.475. The third-order valence-corrected chi connectivity index (χ3v) is 10.7. The number of methoxy groups -OCH3 is 1. The fourth-order valence-electron chi connectivity index (χ4n) is 9.13. The van der Waals surface area contributed by atoms with E-state index >= 15 is 0 Å². The minimum absolute atomic E-state index is 0.0434. The van der Waals surface area contributed by atoms with E-state index in [2.05, 4.69) is 19.9 Å². The molecule has 7 nitrogen and oxygen atoms in total. The number of fused-ring (bicyclic) bond motifs is 6. The van der Waals surface area contributed by atoms with Crippen LogP contribution in [0.15, 0.2) is 11.6 Å². The summed E-state index contributed by atoms with van der Waals surface area (Å²) in [5.74, 6) is -1.30. The van der Waals surface area contributed by atoms with E-state index < -0.39 is 23.4 Å². The van der Waals surface area contributed by atoms with E-state index in [-0.39, 0.29) is 40.5 Å². The van der Waals surface area contributed by atoms with Gasteiger partial charge in [-0.15, -0.1) is 0 Å². The van der Waals surface area contributed by atoms with E-state index in [1.807, 2.05) is 0 Å². The van der Waals surface area contributed by atoms with Crippen LogP contribution in [-0.4, -0.2) is 54.9 Å². The number of aliphatic hydroxyl groups excluding tert-OH is 1. The highest BCUT2D eigenvalue weighted by Crippen LogP contribution is 2.70. The molecule has 2 unspecified atom stereocenters. The first-order chi connectivity index (χ1) is 15.7. The standard InChI is InChI=1S/C26H36O7/c1-23-8-9-26(31-10-11-32-26)13-15(23)12-16(22(29)30-3)20-17-4-6-25(7-5-19(28)33-25)24(17,2)14-18(27)21(20)23/h12,16-18,20-21,27H,4-11,13-14H2,1-3H3/t16-,17+,18-,20+,21?,23+,24+,25?/m1/s1. The largest absolute Gasteiger partial charge is 0.469 e. The molecule has 7 heteroatoms. The maximum Gasteiger partial charge on any atom is 0.312 e. The molecule has 2 heterocycles. The summed E-state index contributed by atoms with van der Waals surface area (Å²) in [6.07, 6.45) is 7.30. The van der Waals surface area contributed by atoms with E-state index in [1.165, 1.54) is 7.11 Å². The minimum Gasteiger partial charge on any atom is -0.469 e. The maximum atomic E-state index is 13.2. The van der Waals surface area contributed by atoms with E-state index in [4.69, 9.17) is 18.9 Å². The summed E-state index contributed by atoms with van der Waals surface area (Å²) < 4.78 is 23.4. The van der Waals surface area contributed by atoms with Gasteiger partial charge in [-0.3, -0.25) is 9.59 Å². The third-order valence-electron chi connectivity index (χ3n) is 10.7. The molecule has 0 aromatic carbocycles. The lowest BCUT2D eigenvalue weighted by molar-refractivity contribution is -0.210. The van der Waals surface area contributed by atoms with Crippen LogP contribution < -0.4 is 0 Å². The van der Waals surface area contributed by atoms with Gasteiger partial charge in [0.05, 0.1) is 32.3 Å². The second kappa shape index (κ2) is 7.05. The molecular weight excluding hydrogens is 424 g/mol. The molecule has 2 spiro atoms. The van der Waals surface area contributed by atoms with Crippen LogP contribution in [0.1, 0.15) is 65.2 Å². The predicted molar refractivity (Wildman–Crippen MR) is 117 cm³/mol. The molecule has 1 N–H and O–H groups in total. The summed E-state index contributed by atoms with van der Waals surface area (Å²) in [6.45, 7) is 5.65. The van der Waals surface area contributed by atoms with Gasteiger partial charge in [0, 0.05) is 24.7 Å². The second-order valence-corrected chi connectivity index (χ2v) is 11.8. The number of rotatable bonds is 1. The summed E-state index contributed by atoms with van der Waals surface area (Å²) in [4.78, 5) is 25.4. The van der Waals surface area contributed by atoms with Crippen molar-refractivity contribution in [2.75, 3.05) is 20.3 Å². The van der Waals surface area contributed by atoms with Gasteiger partial charge in [-0.05, 0) is 55.3 Å². The van der Waals surface area contributed by atoms with Crippen molar-refractivity contribution in [3.05, 3.63) is 11.6 Å². The van der Waals surface area contributed by atoms with Crippen LogP contribution in [0, 0.1) is 34.5 Å². The molecule has 182 valence electrons. The molecule has 3 saturated carbocycles. The zero-order valence-corrected chi connectivity index (χ0v) is 19.9. The van der Waals surface area contributed by atoms with Gasteiger partial charge >= 0.3 is 11.9 Å². The van der Waals surface area contributed by atoms with Crippen molar-refractivity contribution in [2.45, 2.75) is 82.7 Å². The zero-order valence-electron chi connectivity index (χ0n) is 19.9. The summed E-state index contributed by atoms with van der Waals surface area (Å²) in [5.41, 5.74) is 0.0730. The highest BCUT2D eigenvalue weighted by molar-refractivity contribution is 5.76. The molecule has 4 aliphatic carbocycles. The van der Waals surface area contributed by atoms with Crippen LogP contribution in [0.2, 0.25) is 0 Å². The SMILES string of the molecule is COC(=O)[C@@H]1C=C2CC3(CC[C@]2(C)C2[C@@H]1[C@@H]1CCC4(CCC(=O)O4)[C@@]1(C)C[C@H]2O)OCCO3. The molecule has 5 fully saturated rings. The summed E-state index contributed by atoms with van der Waals surface area (Å²) in [5, 5.41) is 11.8. The van der Waals surface area contributed by atoms with Gasteiger partial charge < -0.3 is 24.1 Å². The van der Waals surface area contributed by atoms with E-state index in [1.54, 1.807) is 0 Å². The maximum absolute atomic E-state index is 13.2. The Kier molecular flexibility index (Phi) is 4.71. The van der Waals surface area contributed by atoms with Crippen molar-refractivity contribution >= 4 is 11.9 Å². The number of carbonyl (C=O) groups is 2.